The Morgan fingerprint density at radius 2 is 0.875 bits per heavy atom. The van der Waals surface area contributed by atoms with Crippen molar-refractivity contribution in [2.75, 3.05) is 39.3 Å². The lowest BCUT2D eigenvalue weighted by atomic mass is 10.2. The standard InChI is InChI=1S/C16H26N4O4/c1-11(2)19-13(21)7-17(8-14(19)22)5-6-18-9-15(23)20(12(3)4)16(24)10-18/h11-12H,5-10H2,1-4H3. The summed E-state index contributed by atoms with van der Waals surface area (Å²) in [4.78, 5) is 54.4. The van der Waals surface area contributed by atoms with E-state index in [1.165, 1.54) is 9.80 Å². The van der Waals surface area contributed by atoms with Crippen LogP contribution in [-0.4, -0.2) is 94.6 Å². The molecule has 2 fully saturated rings. The van der Waals surface area contributed by atoms with E-state index in [2.05, 4.69) is 0 Å². The van der Waals surface area contributed by atoms with Crippen molar-refractivity contribution in [3.05, 3.63) is 0 Å². The molecule has 4 amide bonds. The normalized spacial score (nSPS) is 21.6. The first-order chi connectivity index (χ1) is 11.2. The number of carbonyl (C=O) groups excluding carboxylic acids is 4. The fourth-order valence-corrected chi connectivity index (χ4v) is 3.21. The molecule has 0 saturated carbocycles. The largest absolute Gasteiger partial charge is 0.284 e. The van der Waals surface area contributed by atoms with Gasteiger partial charge in [0.05, 0.1) is 26.2 Å². The minimum absolute atomic E-state index is 0.133. The molecule has 2 heterocycles. The molecule has 0 radical (unpaired) electrons. The lowest BCUT2D eigenvalue weighted by Crippen LogP contribution is -2.59. The maximum atomic E-state index is 12.1. The molecule has 2 rings (SSSR count). The van der Waals surface area contributed by atoms with Crippen molar-refractivity contribution in [3.8, 4) is 0 Å². The minimum atomic E-state index is -0.196. The van der Waals surface area contributed by atoms with Gasteiger partial charge in [-0.15, -0.1) is 0 Å². The van der Waals surface area contributed by atoms with E-state index in [1.54, 1.807) is 9.80 Å². The van der Waals surface area contributed by atoms with Crippen LogP contribution in [0.25, 0.3) is 0 Å². The summed E-state index contributed by atoms with van der Waals surface area (Å²) in [5.74, 6) is -0.785. The van der Waals surface area contributed by atoms with Crippen molar-refractivity contribution in [2.24, 2.45) is 0 Å². The first kappa shape index (κ1) is 18.5. The fraction of sp³-hybridized carbons (Fsp3) is 0.750. The summed E-state index contributed by atoms with van der Waals surface area (Å²) in [5, 5.41) is 0. The van der Waals surface area contributed by atoms with E-state index in [0.29, 0.717) is 13.1 Å². The number of imide groups is 2. The number of amides is 4. The first-order valence-electron chi connectivity index (χ1n) is 8.35. The van der Waals surface area contributed by atoms with Gasteiger partial charge in [-0.3, -0.25) is 38.8 Å². The number of rotatable bonds is 5. The summed E-state index contributed by atoms with van der Waals surface area (Å²) in [5.41, 5.74) is 0. The molecule has 0 bridgehead atoms. The van der Waals surface area contributed by atoms with Crippen LogP contribution in [0.3, 0.4) is 0 Å². The molecule has 24 heavy (non-hydrogen) atoms. The smallest absolute Gasteiger partial charge is 0.243 e. The molecule has 2 saturated heterocycles. The molecule has 8 nitrogen and oxygen atoms in total. The monoisotopic (exact) mass is 338 g/mol. The van der Waals surface area contributed by atoms with Gasteiger partial charge in [0.2, 0.25) is 23.6 Å². The SMILES string of the molecule is CC(C)N1C(=O)CN(CCN2CC(=O)N(C(C)C)C(=O)C2)CC1=O. The van der Waals surface area contributed by atoms with Gasteiger partial charge in [-0.1, -0.05) is 0 Å². The zero-order valence-electron chi connectivity index (χ0n) is 14.8. The number of carbonyl (C=O) groups is 4. The zero-order valence-corrected chi connectivity index (χ0v) is 14.8. The van der Waals surface area contributed by atoms with Crippen LogP contribution >= 0.6 is 0 Å². The van der Waals surface area contributed by atoms with Gasteiger partial charge in [-0.25, -0.2) is 0 Å². The Balaban J connectivity index is 1.87. The van der Waals surface area contributed by atoms with Gasteiger partial charge in [0.25, 0.3) is 0 Å². The summed E-state index contributed by atoms with van der Waals surface area (Å²) >= 11 is 0. The maximum absolute atomic E-state index is 12.1. The van der Waals surface area contributed by atoms with E-state index in [-0.39, 0.29) is 61.9 Å². The Morgan fingerprint density at radius 1 is 0.625 bits per heavy atom. The zero-order chi connectivity index (χ0) is 18.0. The molecule has 0 atom stereocenters. The van der Waals surface area contributed by atoms with Gasteiger partial charge < -0.3 is 0 Å². The van der Waals surface area contributed by atoms with Crippen molar-refractivity contribution in [1.29, 1.82) is 0 Å². The van der Waals surface area contributed by atoms with E-state index in [1.807, 2.05) is 27.7 Å². The van der Waals surface area contributed by atoms with E-state index in [9.17, 15) is 19.2 Å². The number of hydrogen-bond acceptors (Lipinski definition) is 6. The van der Waals surface area contributed by atoms with Crippen LogP contribution < -0.4 is 0 Å². The average Bonchev–Trinajstić information content (AvgIpc) is 2.42. The van der Waals surface area contributed by atoms with E-state index < -0.39 is 0 Å². The van der Waals surface area contributed by atoms with Gasteiger partial charge in [-0.05, 0) is 27.7 Å². The highest BCUT2D eigenvalue weighted by atomic mass is 16.2. The van der Waals surface area contributed by atoms with Crippen molar-refractivity contribution >= 4 is 23.6 Å². The van der Waals surface area contributed by atoms with Crippen molar-refractivity contribution in [3.63, 3.8) is 0 Å². The van der Waals surface area contributed by atoms with Gasteiger partial charge in [-0.2, -0.15) is 0 Å². The van der Waals surface area contributed by atoms with E-state index in [4.69, 9.17) is 0 Å². The third-order valence-electron chi connectivity index (χ3n) is 4.28. The number of hydrogen-bond donors (Lipinski definition) is 0. The molecular formula is C16H26N4O4. The quantitative estimate of drug-likeness (QED) is 0.607. The molecule has 0 spiro atoms. The van der Waals surface area contributed by atoms with Gasteiger partial charge >= 0.3 is 0 Å². The van der Waals surface area contributed by atoms with E-state index in [0.717, 1.165) is 0 Å². The minimum Gasteiger partial charge on any atom is -0.284 e. The van der Waals surface area contributed by atoms with Crippen molar-refractivity contribution in [2.45, 2.75) is 39.8 Å². The van der Waals surface area contributed by atoms with Crippen LogP contribution in [0.15, 0.2) is 0 Å². The lowest BCUT2D eigenvalue weighted by Gasteiger charge is -2.37. The summed E-state index contributed by atoms with van der Waals surface area (Å²) in [6.07, 6.45) is 0. The van der Waals surface area contributed by atoms with Gasteiger partial charge in [0, 0.05) is 25.2 Å². The summed E-state index contributed by atoms with van der Waals surface area (Å²) < 4.78 is 0. The Bertz CT molecular complexity index is 462. The Labute approximate surface area is 142 Å². The third-order valence-corrected chi connectivity index (χ3v) is 4.28. The first-order valence-corrected chi connectivity index (χ1v) is 8.35. The van der Waals surface area contributed by atoms with Crippen LogP contribution in [0.1, 0.15) is 27.7 Å². The Morgan fingerprint density at radius 3 is 1.08 bits per heavy atom. The lowest BCUT2D eigenvalue weighted by molar-refractivity contribution is -0.156. The average molecular weight is 338 g/mol. The van der Waals surface area contributed by atoms with Crippen molar-refractivity contribution in [1.82, 2.24) is 19.6 Å². The second-order valence-electron chi connectivity index (χ2n) is 6.92. The van der Waals surface area contributed by atoms with Gasteiger partial charge in [0.1, 0.15) is 0 Å². The van der Waals surface area contributed by atoms with Crippen LogP contribution in [-0.2, 0) is 19.2 Å². The number of nitrogens with zero attached hydrogens (tertiary/aromatic N) is 4. The maximum Gasteiger partial charge on any atom is 0.243 e. The molecule has 8 heteroatoms. The van der Waals surface area contributed by atoms with Crippen LogP contribution in [0.4, 0.5) is 0 Å². The Hall–Kier alpha value is -1.80. The summed E-state index contributed by atoms with van der Waals surface area (Å²) in [6, 6.07) is -0.266. The molecule has 0 aliphatic carbocycles. The summed E-state index contributed by atoms with van der Waals surface area (Å²) in [6.45, 7) is 8.99. The fourth-order valence-electron chi connectivity index (χ4n) is 3.21. The molecule has 134 valence electrons. The molecular weight excluding hydrogens is 312 g/mol. The molecule has 0 aromatic carbocycles. The predicted molar refractivity (Wildman–Crippen MR) is 86.9 cm³/mol. The molecule has 0 aromatic heterocycles. The van der Waals surface area contributed by atoms with Gasteiger partial charge in [0.15, 0.2) is 0 Å². The molecule has 0 N–H and O–H groups in total. The predicted octanol–water partition coefficient (Wildman–Crippen LogP) is -0.855. The van der Waals surface area contributed by atoms with Crippen LogP contribution in [0, 0.1) is 0 Å². The second kappa shape index (κ2) is 7.40. The summed E-state index contributed by atoms with van der Waals surface area (Å²) in [7, 11) is 0. The second-order valence-corrected chi connectivity index (χ2v) is 6.92. The molecule has 0 unspecified atom stereocenters. The highest BCUT2D eigenvalue weighted by Crippen LogP contribution is 2.11. The highest BCUT2D eigenvalue weighted by molar-refractivity contribution is 6.00. The highest BCUT2D eigenvalue weighted by Gasteiger charge is 2.35. The molecule has 0 aromatic rings. The Kier molecular flexibility index (Phi) is 5.71. The van der Waals surface area contributed by atoms with Crippen LogP contribution in [0.5, 0.6) is 0 Å². The van der Waals surface area contributed by atoms with Crippen molar-refractivity contribution < 1.29 is 19.2 Å². The van der Waals surface area contributed by atoms with E-state index >= 15 is 0 Å². The molecule has 2 aliphatic rings. The van der Waals surface area contributed by atoms with Crippen LogP contribution in [0.2, 0.25) is 0 Å². The third kappa shape index (κ3) is 3.99. The number of piperazine rings is 2. The topological polar surface area (TPSA) is 81.2 Å². The molecule has 2 aliphatic heterocycles.